The fraction of sp³-hybridized carbons (Fsp3) is 0.105. The Morgan fingerprint density at radius 3 is 2.42 bits per heavy atom. The standard InChI is InChI=1S/C19H18N4O3/c1-13(24)22-15-5-7-16(8-6-15)23-18-9-4-14(11-20-18)19(25)21-12-17-3-2-10-26-17/h2-11H,12H2,1H3,(H,20,23)(H,21,25)(H,22,24). The summed E-state index contributed by atoms with van der Waals surface area (Å²) >= 11 is 0. The molecule has 0 atom stereocenters. The third-order valence-electron chi connectivity index (χ3n) is 3.51. The predicted octanol–water partition coefficient (Wildman–Crippen LogP) is 3.31. The van der Waals surface area contributed by atoms with Crippen LogP contribution < -0.4 is 16.0 Å². The third kappa shape index (κ3) is 4.70. The lowest BCUT2D eigenvalue weighted by Crippen LogP contribution is -2.22. The van der Waals surface area contributed by atoms with Crippen molar-refractivity contribution in [1.29, 1.82) is 0 Å². The van der Waals surface area contributed by atoms with E-state index in [-0.39, 0.29) is 11.8 Å². The van der Waals surface area contributed by atoms with Gasteiger partial charge in [0.1, 0.15) is 11.6 Å². The number of amides is 2. The second-order valence-electron chi connectivity index (χ2n) is 5.58. The summed E-state index contributed by atoms with van der Waals surface area (Å²) in [6.07, 6.45) is 3.07. The Morgan fingerprint density at radius 1 is 1.04 bits per heavy atom. The number of rotatable bonds is 6. The van der Waals surface area contributed by atoms with Crippen LogP contribution in [-0.2, 0) is 11.3 Å². The Morgan fingerprint density at radius 2 is 1.81 bits per heavy atom. The SMILES string of the molecule is CC(=O)Nc1ccc(Nc2ccc(C(=O)NCc3ccco3)cn2)cc1. The highest BCUT2D eigenvalue weighted by Crippen LogP contribution is 2.17. The van der Waals surface area contributed by atoms with E-state index < -0.39 is 0 Å². The molecule has 26 heavy (non-hydrogen) atoms. The summed E-state index contributed by atoms with van der Waals surface area (Å²) in [6.45, 7) is 1.79. The van der Waals surface area contributed by atoms with Crippen LogP contribution in [0.15, 0.2) is 65.4 Å². The van der Waals surface area contributed by atoms with Gasteiger partial charge in [0.05, 0.1) is 18.4 Å². The molecular formula is C19H18N4O3. The zero-order chi connectivity index (χ0) is 18.4. The summed E-state index contributed by atoms with van der Waals surface area (Å²) < 4.78 is 5.17. The van der Waals surface area contributed by atoms with Gasteiger partial charge in [-0.25, -0.2) is 4.98 Å². The van der Waals surface area contributed by atoms with Gasteiger partial charge in [0.15, 0.2) is 0 Å². The van der Waals surface area contributed by atoms with E-state index >= 15 is 0 Å². The molecule has 0 aliphatic rings. The van der Waals surface area contributed by atoms with Crippen molar-refractivity contribution in [3.8, 4) is 0 Å². The topological polar surface area (TPSA) is 96.3 Å². The van der Waals surface area contributed by atoms with E-state index in [2.05, 4.69) is 20.9 Å². The smallest absolute Gasteiger partial charge is 0.253 e. The second kappa shape index (κ2) is 7.98. The first-order valence-electron chi connectivity index (χ1n) is 8.01. The molecule has 0 saturated heterocycles. The van der Waals surface area contributed by atoms with Gasteiger partial charge in [-0.15, -0.1) is 0 Å². The van der Waals surface area contributed by atoms with Crippen molar-refractivity contribution in [2.75, 3.05) is 10.6 Å². The summed E-state index contributed by atoms with van der Waals surface area (Å²) in [5.41, 5.74) is 2.00. The van der Waals surface area contributed by atoms with Crippen LogP contribution in [0.2, 0.25) is 0 Å². The number of hydrogen-bond donors (Lipinski definition) is 3. The van der Waals surface area contributed by atoms with Crippen LogP contribution in [0.1, 0.15) is 23.0 Å². The van der Waals surface area contributed by atoms with Gasteiger partial charge in [-0.2, -0.15) is 0 Å². The van der Waals surface area contributed by atoms with Gasteiger partial charge in [-0.1, -0.05) is 0 Å². The number of aromatic nitrogens is 1. The van der Waals surface area contributed by atoms with Gasteiger partial charge >= 0.3 is 0 Å². The molecule has 0 bridgehead atoms. The first-order chi connectivity index (χ1) is 12.6. The Hall–Kier alpha value is -3.61. The normalized spacial score (nSPS) is 10.2. The number of benzene rings is 1. The number of hydrogen-bond acceptors (Lipinski definition) is 5. The van der Waals surface area contributed by atoms with Crippen LogP contribution in [0.25, 0.3) is 0 Å². The van der Waals surface area contributed by atoms with Crippen molar-refractivity contribution >= 4 is 29.0 Å². The monoisotopic (exact) mass is 350 g/mol. The molecule has 3 rings (SSSR count). The Labute approximate surface area is 150 Å². The predicted molar refractivity (Wildman–Crippen MR) is 98.1 cm³/mol. The summed E-state index contributed by atoms with van der Waals surface area (Å²) in [6, 6.07) is 14.2. The van der Waals surface area contributed by atoms with E-state index in [1.54, 1.807) is 42.7 Å². The Bertz CT molecular complexity index is 872. The van der Waals surface area contributed by atoms with E-state index in [0.717, 1.165) is 11.4 Å². The van der Waals surface area contributed by atoms with Crippen molar-refractivity contribution < 1.29 is 14.0 Å². The molecule has 0 fully saturated rings. The van der Waals surface area contributed by atoms with Crippen molar-refractivity contribution in [3.05, 3.63) is 72.3 Å². The van der Waals surface area contributed by atoms with E-state index in [4.69, 9.17) is 4.42 Å². The van der Waals surface area contributed by atoms with Gasteiger partial charge in [0.25, 0.3) is 5.91 Å². The lowest BCUT2D eigenvalue weighted by molar-refractivity contribution is -0.114. The zero-order valence-corrected chi connectivity index (χ0v) is 14.2. The average Bonchev–Trinajstić information content (AvgIpc) is 3.15. The molecule has 7 nitrogen and oxygen atoms in total. The largest absolute Gasteiger partial charge is 0.467 e. The molecule has 0 radical (unpaired) electrons. The maximum atomic E-state index is 12.1. The number of anilines is 3. The molecule has 3 N–H and O–H groups in total. The van der Waals surface area contributed by atoms with Gasteiger partial charge in [-0.05, 0) is 48.5 Å². The first-order valence-corrected chi connectivity index (χ1v) is 8.01. The molecular weight excluding hydrogens is 332 g/mol. The van der Waals surface area contributed by atoms with Crippen LogP contribution in [0, 0.1) is 0 Å². The molecule has 0 aliphatic carbocycles. The van der Waals surface area contributed by atoms with Crippen molar-refractivity contribution in [3.63, 3.8) is 0 Å². The van der Waals surface area contributed by atoms with Gasteiger partial charge in [-0.3, -0.25) is 9.59 Å². The highest BCUT2D eigenvalue weighted by molar-refractivity contribution is 5.94. The van der Waals surface area contributed by atoms with Crippen LogP contribution in [0.5, 0.6) is 0 Å². The summed E-state index contributed by atoms with van der Waals surface area (Å²) in [4.78, 5) is 27.3. The minimum Gasteiger partial charge on any atom is -0.467 e. The molecule has 2 amide bonds. The van der Waals surface area contributed by atoms with Gasteiger partial charge < -0.3 is 20.4 Å². The van der Waals surface area contributed by atoms with Gasteiger partial charge in [0, 0.05) is 24.5 Å². The lowest BCUT2D eigenvalue weighted by atomic mass is 10.2. The number of carbonyl (C=O) groups is 2. The molecule has 3 aromatic rings. The summed E-state index contributed by atoms with van der Waals surface area (Å²) in [5, 5.41) is 8.60. The second-order valence-corrected chi connectivity index (χ2v) is 5.58. The number of nitrogens with one attached hydrogen (secondary N) is 3. The lowest BCUT2D eigenvalue weighted by Gasteiger charge is -2.08. The zero-order valence-electron chi connectivity index (χ0n) is 14.2. The molecule has 0 saturated carbocycles. The molecule has 0 unspecified atom stereocenters. The first kappa shape index (κ1) is 17.2. The molecule has 0 spiro atoms. The van der Waals surface area contributed by atoms with Crippen molar-refractivity contribution in [2.45, 2.75) is 13.5 Å². The van der Waals surface area contributed by atoms with E-state index in [9.17, 15) is 9.59 Å². The highest BCUT2D eigenvalue weighted by Gasteiger charge is 2.07. The molecule has 7 heteroatoms. The fourth-order valence-electron chi connectivity index (χ4n) is 2.27. The van der Waals surface area contributed by atoms with Crippen LogP contribution in [0.4, 0.5) is 17.2 Å². The van der Waals surface area contributed by atoms with Crippen molar-refractivity contribution in [1.82, 2.24) is 10.3 Å². The Balaban J connectivity index is 1.56. The van der Waals surface area contributed by atoms with Gasteiger partial charge in [0.2, 0.25) is 5.91 Å². The number of nitrogens with zero attached hydrogens (tertiary/aromatic N) is 1. The summed E-state index contributed by atoms with van der Waals surface area (Å²) in [7, 11) is 0. The number of carbonyl (C=O) groups excluding carboxylic acids is 2. The molecule has 1 aromatic carbocycles. The third-order valence-corrected chi connectivity index (χ3v) is 3.51. The van der Waals surface area contributed by atoms with E-state index in [0.29, 0.717) is 23.7 Å². The fourth-order valence-corrected chi connectivity index (χ4v) is 2.27. The number of furan rings is 1. The summed E-state index contributed by atoms with van der Waals surface area (Å²) in [5.74, 6) is 0.959. The minimum absolute atomic E-state index is 0.117. The quantitative estimate of drug-likeness (QED) is 0.634. The molecule has 0 aliphatic heterocycles. The maximum absolute atomic E-state index is 12.1. The molecule has 2 aromatic heterocycles. The van der Waals surface area contributed by atoms with Crippen molar-refractivity contribution in [2.24, 2.45) is 0 Å². The minimum atomic E-state index is -0.222. The number of pyridine rings is 1. The Kier molecular flexibility index (Phi) is 5.28. The van der Waals surface area contributed by atoms with Crippen LogP contribution in [-0.4, -0.2) is 16.8 Å². The van der Waals surface area contributed by atoms with E-state index in [1.165, 1.54) is 13.1 Å². The highest BCUT2D eigenvalue weighted by atomic mass is 16.3. The van der Waals surface area contributed by atoms with Crippen LogP contribution in [0.3, 0.4) is 0 Å². The van der Waals surface area contributed by atoms with Crippen LogP contribution >= 0.6 is 0 Å². The molecule has 2 heterocycles. The van der Waals surface area contributed by atoms with E-state index in [1.807, 2.05) is 12.1 Å². The molecule has 132 valence electrons. The average molecular weight is 350 g/mol. The maximum Gasteiger partial charge on any atom is 0.253 e.